The lowest BCUT2D eigenvalue weighted by molar-refractivity contribution is -0.126. The maximum Gasteiger partial charge on any atom is 0.252 e. The summed E-state index contributed by atoms with van der Waals surface area (Å²) in [5.41, 5.74) is 0.941. The van der Waals surface area contributed by atoms with E-state index in [1.54, 1.807) is 24.6 Å². The number of nitrogens with one attached hydrogen (secondary N) is 1. The number of carbonyl (C=O) groups excluding carboxylic acids is 1. The molecule has 2 aromatic rings. The first-order valence-electron chi connectivity index (χ1n) is 8.45. The van der Waals surface area contributed by atoms with Gasteiger partial charge in [0, 0.05) is 19.6 Å². The quantitative estimate of drug-likeness (QED) is 0.817. The Labute approximate surface area is 157 Å². The number of carbonyl (C=O) groups is 1. The van der Waals surface area contributed by atoms with Gasteiger partial charge in [-0.3, -0.25) is 4.79 Å². The van der Waals surface area contributed by atoms with Crippen LogP contribution in [0.3, 0.4) is 0 Å². The van der Waals surface area contributed by atoms with Crippen molar-refractivity contribution in [2.24, 2.45) is 5.92 Å². The Morgan fingerprint density at radius 2 is 2.19 bits per heavy atom. The van der Waals surface area contributed by atoms with Gasteiger partial charge in [0.05, 0.1) is 13.0 Å². The number of sulfonamides is 1. The first-order chi connectivity index (χ1) is 12.5. The normalized spacial score (nSPS) is 18.4. The van der Waals surface area contributed by atoms with Crippen LogP contribution in [0, 0.1) is 5.92 Å². The highest BCUT2D eigenvalue weighted by molar-refractivity contribution is 7.91. The Morgan fingerprint density at radius 1 is 1.35 bits per heavy atom. The van der Waals surface area contributed by atoms with E-state index in [9.17, 15) is 13.2 Å². The van der Waals surface area contributed by atoms with Gasteiger partial charge in [0.1, 0.15) is 9.96 Å². The maximum atomic E-state index is 12.7. The van der Waals surface area contributed by atoms with E-state index in [2.05, 4.69) is 5.32 Å². The summed E-state index contributed by atoms with van der Waals surface area (Å²) in [7, 11) is -1.91. The van der Waals surface area contributed by atoms with Crippen LogP contribution in [0.4, 0.5) is 0 Å². The van der Waals surface area contributed by atoms with Crippen molar-refractivity contribution in [3.05, 3.63) is 47.3 Å². The molecule has 0 aliphatic carbocycles. The van der Waals surface area contributed by atoms with E-state index in [0.29, 0.717) is 30.1 Å². The third kappa shape index (κ3) is 4.25. The van der Waals surface area contributed by atoms with E-state index in [1.165, 1.54) is 15.6 Å². The molecule has 1 fully saturated rings. The predicted octanol–water partition coefficient (Wildman–Crippen LogP) is 2.47. The highest BCUT2D eigenvalue weighted by atomic mass is 32.2. The molecule has 1 aliphatic rings. The number of rotatable bonds is 6. The Balaban J connectivity index is 1.61. The number of benzene rings is 1. The maximum absolute atomic E-state index is 12.7. The average Bonchev–Trinajstić information content (AvgIpc) is 3.22. The lowest BCUT2D eigenvalue weighted by Gasteiger charge is -2.30. The van der Waals surface area contributed by atoms with E-state index in [-0.39, 0.29) is 18.4 Å². The SMILES string of the molecule is COc1cccc(CNC(=O)[C@H]2CCCN(S(=O)(=O)c3cccs3)C2)c1. The van der Waals surface area contributed by atoms with Gasteiger partial charge in [-0.25, -0.2) is 8.42 Å². The summed E-state index contributed by atoms with van der Waals surface area (Å²) in [4.78, 5) is 12.5. The minimum absolute atomic E-state index is 0.112. The lowest BCUT2D eigenvalue weighted by atomic mass is 9.99. The van der Waals surface area contributed by atoms with Crippen molar-refractivity contribution in [3.8, 4) is 5.75 Å². The highest BCUT2D eigenvalue weighted by Gasteiger charge is 2.33. The molecule has 0 spiro atoms. The van der Waals surface area contributed by atoms with Crippen molar-refractivity contribution in [2.75, 3.05) is 20.2 Å². The molecule has 1 aromatic carbocycles. The fourth-order valence-electron chi connectivity index (χ4n) is 3.03. The van der Waals surface area contributed by atoms with E-state index < -0.39 is 10.0 Å². The smallest absolute Gasteiger partial charge is 0.252 e. The van der Waals surface area contributed by atoms with Gasteiger partial charge in [0.25, 0.3) is 10.0 Å². The second kappa shape index (κ2) is 8.20. The molecule has 0 unspecified atom stereocenters. The number of thiophene rings is 1. The summed E-state index contributed by atoms with van der Waals surface area (Å²) in [5, 5.41) is 4.66. The largest absolute Gasteiger partial charge is 0.497 e. The molecule has 0 radical (unpaired) electrons. The first-order valence-corrected chi connectivity index (χ1v) is 10.8. The van der Waals surface area contributed by atoms with Crippen LogP contribution in [0.1, 0.15) is 18.4 Å². The van der Waals surface area contributed by atoms with Crippen molar-refractivity contribution in [1.29, 1.82) is 0 Å². The van der Waals surface area contributed by atoms with Crippen molar-refractivity contribution in [1.82, 2.24) is 9.62 Å². The molecule has 0 saturated carbocycles. The highest BCUT2D eigenvalue weighted by Crippen LogP contribution is 2.26. The average molecular weight is 395 g/mol. The number of piperidine rings is 1. The molecule has 1 amide bonds. The van der Waals surface area contributed by atoms with Crippen LogP contribution in [0.5, 0.6) is 5.75 Å². The summed E-state index contributed by atoms with van der Waals surface area (Å²) >= 11 is 1.20. The Bertz CT molecular complexity index is 850. The molecule has 6 nitrogen and oxygen atoms in total. The molecule has 3 rings (SSSR count). The van der Waals surface area contributed by atoms with Crippen molar-refractivity contribution < 1.29 is 17.9 Å². The van der Waals surface area contributed by atoms with Crippen molar-refractivity contribution in [2.45, 2.75) is 23.6 Å². The third-order valence-electron chi connectivity index (χ3n) is 4.45. The summed E-state index contributed by atoms with van der Waals surface area (Å²) in [6, 6.07) is 10.8. The predicted molar refractivity (Wildman–Crippen MR) is 101 cm³/mol. The second-order valence-corrected chi connectivity index (χ2v) is 9.32. The van der Waals surface area contributed by atoms with Gasteiger partial charge in [-0.1, -0.05) is 18.2 Å². The van der Waals surface area contributed by atoms with Gasteiger partial charge in [-0.2, -0.15) is 4.31 Å². The van der Waals surface area contributed by atoms with Crippen LogP contribution in [-0.4, -0.2) is 38.8 Å². The lowest BCUT2D eigenvalue weighted by Crippen LogP contribution is -2.45. The molecule has 140 valence electrons. The summed E-state index contributed by atoms with van der Waals surface area (Å²) < 4.78 is 32.3. The molecule has 1 N–H and O–H groups in total. The number of amides is 1. The monoisotopic (exact) mass is 394 g/mol. The Hall–Kier alpha value is -1.90. The molecule has 8 heteroatoms. The first kappa shape index (κ1) is 18.9. The van der Waals surface area contributed by atoms with Crippen molar-refractivity contribution >= 4 is 27.3 Å². The van der Waals surface area contributed by atoms with Crippen LogP contribution >= 0.6 is 11.3 Å². The van der Waals surface area contributed by atoms with Crippen LogP contribution in [0.25, 0.3) is 0 Å². The molecule has 1 atom stereocenters. The molecule has 0 bridgehead atoms. The van der Waals surface area contributed by atoms with Crippen LogP contribution in [-0.2, 0) is 21.4 Å². The number of hydrogen-bond donors (Lipinski definition) is 1. The van der Waals surface area contributed by atoms with E-state index in [4.69, 9.17) is 4.74 Å². The zero-order valence-electron chi connectivity index (χ0n) is 14.6. The number of methoxy groups -OCH3 is 1. The number of nitrogens with zero attached hydrogens (tertiary/aromatic N) is 1. The molecular formula is C18H22N2O4S2. The molecule has 1 aliphatic heterocycles. The zero-order chi connectivity index (χ0) is 18.6. The Kier molecular flexibility index (Phi) is 5.95. The van der Waals surface area contributed by atoms with Gasteiger partial charge in [-0.05, 0) is 42.0 Å². The van der Waals surface area contributed by atoms with Gasteiger partial charge in [-0.15, -0.1) is 11.3 Å². The second-order valence-electron chi connectivity index (χ2n) is 6.20. The summed E-state index contributed by atoms with van der Waals surface area (Å²) in [6.45, 7) is 1.08. The van der Waals surface area contributed by atoms with Crippen LogP contribution in [0.2, 0.25) is 0 Å². The minimum atomic E-state index is -3.51. The minimum Gasteiger partial charge on any atom is -0.497 e. The molecule has 26 heavy (non-hydrogen) atoms. The van der Waals surface area contributed by atoms with Gasteiger partial charge in [0.15, 0.2) is 0 Å². The topological polar surface area (TPSA) is 75.7 Å². The van der Waals surface area contributed by atoms with E-state index in [1.807, 2.05) is 24.3 Å². The van der Waals surface area contributed by atoms with E-state index in [0.717, 1.165) is 11.3 Å². The summed E-state index contributed by atoms with van der Waals surface area (Å²) in [5.74, 6) is 0.297. The van der Waals surface area contributed by atoms with Gasteiger partial charge >= 0.3 is 0 Å². The fourth-order valence-corrected chi connectivity index (χ4v) is 5.70. The Morgan fingerprint density at radius 3 is 2.92 bits per heavy atom. The van der Waals surface area contributed by atoms with Crippen LogP contribution in [0.15, 0.2) is 46.0 Å². The van der Waals surface area contributed by atoms with E-state index >= 15 is 0 Å². The third-order valence-corrected chi connectivity index (χ3v) is 7.68. The number of hydrogen-bond acceptors (Lipinski definition) is 5. The molecule has 1 saturated heterocycles. The zero-order valence-corrected chi connectivity index (χ0v) is 16.2. The molecule has 2 heterocycles. The van der Waals surface area contributed by atoms with Crippen LogP contribution < -0.4 is 10.1 Å². The fraction of sp³-hybridized carbons (Fsp3) is 0.389. The summed E-state index contributed by atoms with van der Waals surface area (Å²) in [6.07, 6.45) is 1.38. The van der Waals surface area contributed by atoms with Gasteiger partial charge < -0.3 is 10.1 Å². The standard InChI is InChI=1S/C18H22N2O4S2/c1-24-16-7-2-5-14(11-16)12-19-18(21)15-6-3-9-20(13-15)26(22,23)17-8-4-10-25-17/h2,4-5,7-8,10-11,15H,3,6,9,12-13H2,1H3,(H,19,21)/t15-/m0/s1. The van der Waals surface area contributed by atoms with Gasteiger partial charge in [0.2, 0.25) is 5.91 Å². The molecular weight excluding hydrogens is 372 g/mol. The number of ether oxygens (including phenoxy) is 1. The van der Waals surface area contributed by atoms with Crippen molar-refractivity contribution in [3.63, 3.8) is 0 Å². The molecule has 1 aromatic heterocycles.